The lowest BCUT2D eigenvalue weighted by Crippen LogP contribution is -2.35. The molecule has 0 fully saturated rings. The van der Waals surface area contributed by atoms with Gasteiger partial charge in [-0.25, -0.2) is 0 Å². The van der Waals surface area contributed by atoms with Gasteiger partial charge in [0.25, 0.3) is 0 Å². The Hall–Kier alpha value is -7.33. The molecule has 1 aromatic heterocycles. The van der Waals surface area contributed by atoms with Crippen molar-refractivity contribution in [3.05, 3.63) is 206 Å². The fourth-order valence-corrected chi connectivity index (χ4v) is 13.2. The number of nitrogens with zero attached hydrogens (tertiary/aromatic N) is 2. The second kappa shape index (κ2) is 12.6. The smallest absolute Gasteiger partial charge is 0.185 e. The average molecular weight is 791 g/mol. The number of ether oxygens (including phenoxy) is 2. The molecule has 0 bridgehead atoms. The second-order valence-corrected chi connectivity index (χ2v) is 18.5. The number of rotatable bonds is 4. The molecule has 0 saturated heterocycles. The highest BCUT2D eigenvalue weighted by atomic mass is 31.2. The molecule has 0 saturated carbocycles. The van der Waals surface area contributed by atoms with E-state index in [9.17, 15) is 0 Å². The largest absolute Gasteiger partial charge is 0.455 e. The lowest BCUT2D eigenvalue weighted by atomic mass is 9.91. The summed E-state index contributed by atoms with van der Waals surface area (Å²) >= 11 is 0. The Morgan fingerprint density at radius 2 is 1.02 bits per heavy atom. The van der Waals surface area contributed by atoms with Crippen LogP contribution in [0.3, 0.4) is 0 Å². The van der Waals surface area contributed by atoms with E-state index in [-0.39, 0.29) is 6.04 Å². The molecule has 4 aliphatic rings. The molecule has 6 heteroatoms. The maximum atomic E-state index is 16.3. The van der Waals surface area contributed by atoms with Crippen LogP contribution in [0, 0.1) is 0 Å². The van der Waals surface area contributed by atoms with Crippen LogP contribution in [0.5, 0.6) is 23.0 Å². The summed E-state index contributed by atoms with van der Waals surface area (Å²) in [6.07, 6.45) is 8.91. The summed E-state index contributed by atoms with van der Waals surface area (Å²) in [5.41, 5.74) is 10.7. The summed E-state index contributed by atoms with van der Waals surface area (Å²) in [6, 6.07) is 61.1. The maximum absolute atomic E-state index is 16.3. The number of para-hydroxylation sites is 5. The molecule has 1 aliphatic carbocycles. The Morgan fingerprint density at radius 3 is 1.65 bits per heavy atom. The van der Waals surface area contributed by atoms with Crippen molar-refractivity contribution >= 4 is 56.2 Å². The van der Waals surface area contributed by atoms with Crippen molar-refractivity contribution in [2.45, 2.75) is 12.0 Å². The van der Waals surface area contributed by atoms with Crippen molar-refractivity contribution in [1.82, 2.24) is 4.57 Å². The predicted octanol–water partition coefficient (Wildman–Crippen LogP) is 12.7. The maximum Gasteiger partial charge on any atom is 0.185 e. The highest BCUT2D eigenvalue weighted by Gasteiger charge is 2.48. The van der Waals surface area contributed by atoms with Gasteiger partial charge in [-0.2, -0.15) is 0 Å². The van der Waals surface area contributed by atoms with Gasteiger partial charge in [-0.15, -0.1) is 0 Å². The Labute approximate surface area is 347 Å². The molecule has 3 atom stereocenters. The van der Waals surface area contributed by atoms with Crippen LogP contribution in [-0.4, -0.2) is 10.6 Å². The van der Waals surface area contributed by atoms with Crippen molar-refractivity contribution in [3.63, 3.8) is 0 Å². The Morgan fingerprint density at radius 1 is 0.500 bits per heavy atom. The van der Waals surface area contributed by atoms with Crippen LogP contribution in [0.2, 0.25) is 0 Å². The molecule has 0 radical (unpaired) electrons. The fraction of sp³-hybridized carbons (Fsp3) is 0.0370. The van der Waals surface area contributed by atoms with Crippen LogP contribution in [0.25, 0.3) is 49.7 Å². The first kappa shape index (κ1) is 33.6. The van der Waals surface area contributed by atoms with E-state index >= 15 is 4.57 Å². The number of hydrogen-bond donors (Lipinski definition) is 0. The van der Waals surface area contributed by atoms with E-state index in [0.717, 1.165) is 44.7 Å². The molecule has 60 heavy (non-hydrogen) atoms. The van der Waals surface area contributed by atoms with Crippen LogP contribution in [0.4, 0.5) is 11.4 Å². The van der Waals surface area contributed by atoms with E-state index in [2.05, 4.69) is 161 Å². The summed E-state index contributed by atoms with van der Waals surface area (Å²) in [7, 11) is -3.47. The Balaban J connectivity index is 1.01. The van der Waals surface area contributed by atoms with Gasteiger partial charge in [0.05, 0.1) is 27.7 Å². The minimum Gasteiger partial charge on any atom is -0.455 e. The first-order chi connectivity index (χ1) is 29.6. The van der Waals surface area contributed by atoms with Gasteiger partial charge in [-0.05, 0) is 89.5 Å². The highest BCUT2D eigenvalue weighted by molar-refractivity contribution is 7.86. The van der Waals surface area contributed by atoms with Crippen LogP contribution in [-0.2, 0) is 4.57 Å². The van der Waals surface area contributed by atoms with E-state index in [4.69, 9.17) is 9.47 Å². The van der Waals surface area contributed by atoms with Gasteiger partial charge >= 0.3 is 0 Å². The standard InChI is InChI=1S/C54H35N2O3P/c57-60-50-23-11-9-21-48(50)58-52-42(34-25-29-36(30-26-34)55-44-17-5-1-13-38(44)39-14-2-6-18-45(39)55)33-43(53(54(52)60)59-49-22-10-12-24-51(49)60)35-27-31-37(32-28-35)56-46-19-7-3-15-40(46)41-16-4-8-20-47(41)56/h1-33,38,44H. The average Bonchev–Trinajstić information content (AvgIpc) is 3.83. The molecular formula is C54H35N2O3P. The molecule has 284 valence electrons. The van der Waals surface area contributed by atoms with Gasteiger partial charge in [0.2, 0.25) is 0 Å². The van der Waals surface area contributed by atoms with E-state index in [0.29, 0.717) is 44.8 Å². The van der Waals surface area contributed by atoms with Crippen molar-refractivity contribution in [1.29, 1.82) is 0 Å². The molecular weight excluding hydrogens is 756 g/mol. The van der Waals surface area contributed by atoms with Gasteiger partial charge in [-0.3, -0.25) is 0 Å². The van der Waals surface area contributed by atoms with Crippen molar-refractivity contribution < 1.29 is 14.0 Å². The number of hydrogen-bond acceptors (Lipinski definition) is 4. The molecule has 4 heterocycles. The van der Waals surface area contributed by atoms with Gasteiger partial charge in [0.15, 0.2) is 7.14 Å². The van der Waals surface area contributed by atoms with E-state index in [1.807, 2.05) is 48.5 Å². The molecule has 3 aliphatic heterocycles. The molecule has 13 rings (SSSR count). The number of aromatic nitrogens is 1. The van der Waals surface area contributed by atoms with E-state index in [1.165, 1.54) is 22.0 Å². The van der Waals surface area contributed by atoms with Crippen molar-refractivity contribution in [3.8, 4) is 50.9 Å². The zero-order valence-corrected chi connectivity index (χ0v) is 33.2. The Kier molecular flexibility index (Phi) is 7.05. The molecule has 9 aromatic rings. The first-order valence-electron chi connectivity index (χ1n) is 20.4. The minimum absolute atomic E-state index is 0.197. The van der Waals surface area contributed by atoms with Crippen LogP contribution in [0.1, 0.15) is 11.5 Å². The SMILES string of the molecule is O=P12c3ccccc3Oc3c(-c4ccc(N5c6ccccc6C6C=CC=CC65)cc4)cc(-c4ccc(-n5c6ccccc6c6ccccc65)cc4)c(c31)Oc1ccccc12. The van der Waals surface area contributed by atoms with Gasteiger partial charge in [0, 0.05) is 44.9 Å². The number of allylic oxidation sites excluding steroid dienone is 2. The van der Waals surface area contributed by atoms with E-state index < -0.39 is 7.14 Å². The first-order valence-corrected chi connectivity index (χ1v) is 22.1. The van der Waals surface area contributed by atoms with Gasteiger partial charge in [0.1, 0.15) is 28.3 Å². The topological polar surface area (TPSA) is 43.7 Å². The fourth-order valence-electron chi connectivity index (χ4n) is 10.1. The normalized spacial score (nSPS) is 18.9. The highest BCUT2D eigenvalue weighted by Crippen LogP contribution is 2.62. The van der Waals surface area contributed by atoms with Crippen molar-refractivity contribution in [2.75, 3.05) is 4.90 Å². The van der Waals surface area contributed by atoms with Crippen LogP contribution >= 0.6 is 7.14 Å². The molecule has 5 nitrogen and oxygen atoms in total. The zero-order chi connectivity index (χ0) is 39.5. The predicted molar refractivity (Wildman–Crippen MR) is 245 cm³/mol. The molecule has 8 aromatic carbocycles. The Bertz CT molecular complexity index is 3310. The minimum atomic E-state index is -3.47. The van der Waals surface area contributed by atoms with Crippen LogP contribution < -0.4 is 30.3 Å². The summed E-state index contributed by atoms with van der Waals surface area (Å²) in [5.74, 6) is 2.65. The third-order valence-corrected chi connectivity index (χ3v) is 15.9. The quantitative estimate of drug-likeness (QED) is 0.167. The van der Waals surface area contributed by atoms with E-state index in [1.54, 1.807) is 0 Å². The molecule has 3 unspecified atom stereocenters. The number of benzene rings is 8. The summed E-state index contributed by atoms with van der Waals surface area (Å²) in [5, 5.41) is 4.42. The summed E-state index contributed by atoms with van der Waals surface area (Å²) in [6.45, 7) is 0. The van der Waals surface area contributed by atoms with Crippen molar-refractivity contribution in [2.24, 2.45) is 0 Å². The van der Waals surface area contributed by atoms with Crippen LogP contribution in [0.15, 0.2) is 200 Å². The second-order valence-electron chi connectivity index (χ2n) is 15.9. The lowest BCUT2D eigenvalue weighted by Gasteiger charge is -2.36. The molecule has 0 amide bonds. The zero-order valence-electron chi connectivity index (χ0n) is 32.3. The van der Waals surface area contributed by atoms with Gasteiger partial charge in [-0.1, -0.05) is 127 Å². The van der Waals surface area contributed by atoms with Gasteiger partial charge < -0.3 is 23.5 Å². The lowest BCUT2D eigenvalue weighted by molar-refractivity contribution is 0.464. The number of fused-ring (bicyclic) bond motifs is 10. The molecule has 0 spiro atoms. The molecule has 0 N–H and O–H groups in total. The monoisotopic (exact) mass is 790 g/mol. The third-order valence-electron chi connectivity index (χ3n) is 12.8. The number of anilines is 2. The third kappa shape index (κ3) is 4.61. The summed E-state index contributed by atoms with van der Waals surface area (Å²) < 4.78 is 32.4. The summed E-state index contributed by atoms with van der Waals surface area (Å²) in [4.78, 5) is 2.44.